The molecule has 0 aromatic carbocycles. The second-order valence-electron chi connectivity index (χ2n) is 4.84. The van der Waals surface area contributed by atoms with Gasteiger partial charge in [-0.15, -0.1) is 0 Å². The number of hydrogen-bond acceptors (Lipinski definition) is 5. The molecule has 17 heavy (non-hydrogen) atoms. The number of nitrogens with two attached hydrogens (primary N) is 1. The van der Waals surface area contributed by atoms with E-state index in [1.54, 1.807) is 0 Å². The van der Waals surface area contributed by atoms with Crippen molar-refractivity contribution in [2.45, 2.75) is 38.4 Å². The van der Waals surface area contributed by atoms with Gasteiger partial charge in [-0.05, 0) is 26.7 Å². The Kier molecular flexibility index (Phi) is 3.40. The van der Waals surface area contributed by atoms with E-state index in [4.69, 9.17) is 22.1 Å². The molecule has 94 valence electrons. The van der Waals surface area contributed by atoms with Crippen LogP contribution in [0, 0.1) is 0 Å². The minimum absolute atomic E-state index is 0.0269. The van der Waals surface area contributed by atoms with Gasteiger partial charge in [-0.2, -0.15) is 0 Å². The highest BCUT2D eigenvalue weighted by Gasteiger charge is 2.31. The number of nitrogen functional groups attached to an aromatic ring is 1. The van der Waals surface area contributed by atoms with Crippen LogP contribution in [0.3, 0.4) is 0 Å². The molecule has 0 saturated carbocycles. The first-order chi connectivity index (χ1) is 7.98. The Balaban J connectivity index is 1.93. The normalized spacial score (nSPS) is 22.6. The molecule has 2 heterocycles. The van der Waals surface area contributed by atoms with Crippen molar-refractivity contribution in [1.29, 1.82) is 0 Å². The summed E-state index contributed by atoms with van der Waals surface area (Å²) >= 11 is 5.98. The summed E-state index contributed by atoms with van der Waals surface area (Å²) in [5.74, 6) is 0.851. The molecule has 2 rings (SSSR count). The lowest BCUT2D eigenvalue weighted by molar-refractivity contribution is -0.00913. The first kappa shape index (κ1) is 12.4. The lowest BCUT2D eigenvalue weighted by Crippen LogP contribution is -2.25. The van der Waals surface area contributed by atoms with Crippen molar-refractivity contribution in [3.63, 3.8) is 0 Å². The number of nitrogens with zero attached hydrogens (tertiary/aromatic N) is 2. The summed E-state index contributed by atoms with van der Waals surface area (Å²) in [5.41, 5.74) is 5.57. The molecule has 1 aliphatic rings. The van der Waals surface area contributed by atoms with Crippen LogP contribution in [0.25, 0.3) is 0 Å². The molecular weight excluding hydrogens is 240 g/mol. The van der Waals surface area contributed by atoms with Gasteiger partial charge >= 0.3 is 0 Å². The van der Waals surface area contributed by atoms with E-state index in [2.05, 4.69) is 29.1 Å². The number of aromatic nitrogens is 2. The van der Waals surface area contributed by atoms with Crippen LogP contribution in [0.15, 0.2) is 6.33 Å². The SMILES string of the molecule is CC1(C)CCC(CNc2ncnc(N)c2Cl)O1. The number of nitrogens with one attached hydrogen (secondary N) is 1. The molecule has 5 nitrogen and oxygen atoms in total. The van der Waals surface area contributed by atoms with E-state index in [9.17, 15) is 0 Å². The summed E-state index contributed by atoms with van der Waals surface area (Å²) in [4.78, 5) is 7.85. The average molecular weight is 257 g/mol. The molecule has 1 aliphatic heterocycles. The van der Waals surface area contributed by atoms with Gasteiger partial charge in [0.05, 0.1) is 11.7 Å². The molecular formula is C11H17ClN4O. The van der Waals surface area contributed by atoms with Crippen LogP contribution >= 0.6 is 11.6 Å². The molecule has 0 amide bonds. The number of halogens is 1. The average Bonchev–Trinajstić information content (AvgIpc) is 2.61. The summed E-state index contributed by atoms with van der Waals surface area (Å²) in [6.07, 6.45) is 3.69. The van der Waals surface area contributed by atoms with Crippen molar-refractivity contribution in [1.82, 2.24) is 9.97 Å². The molecule has 0 bridgehead atoms. The van der Waals surface area contributed by atoms with Crippen molar-refractivity contribution in [3.05, 3.63) is 11.3 Å². The Morgan fingerprint density at radius 2 is 2.35 bits per heavy atom. The van der Waals surface area contributed by atoms with Crippen LogP contribution in [0.5, 0.6) is 0 Å². The highest BCUT2D eigenvalue weighted by molar-refractivity contribution is 6.35. The predicted octanol–water partition coefficient (Wildman–Crippen LogP) is 2.08. The minimum Gasteiger partial charge on any atom is -0.382 e. The fourth-order valence-corrected chi connectivity index (χ4v) is 2.10. The van der Waals surface area contributed by atoms with Crippen LogP contribution in [0.4, 0.5) is 11.6 Å². The van der Waals surface area contributed by atoms with Crippen molar-refractivity contribution < 1.29 is 4.74 Å². The lowest BCUT2D eigenvalue weighted by atomic mass is 10.1. The third-order valence-corrected chi connectivity index (χ3v) is 3.24. The monoisotopic (exact) mass is 256 g/mol. The van der Waals surface area contributed by atoms with Gasteiger partial charge < -0.3 is 15.8 Å². The maximum Gasteiger partial charge on any atom is 0.150 e. The molecule has 1 aromatic rings. The van der Waals surface area contributed by atoms with Gasteiger partial charge in [-0.3, -0.25) is 0 Å². The number of rotatable bonds is 3. The van der Waals surface area contributed by atoms with Crippen molar-refractivity contribution in [2.24, 2.45) is 0 Å². The van der Waals surface area contributed by atoms with Gasteiger partial charge in [-0.25, -0.2) is 9.97 Å². The summed E-state index contributed by atoms with van der Waals surface area (Å²) in [5, 5.41) is 3.51. The Labute approximate surface area is 106 Å². The smallest absolute Gasteiger partial charge is 0.150 e. The molecule has 1 unspecified atom stereocenters. The second kappa shape index (κ2) is 4.66. The molecule has 1 atom stereocenters. The fraction of sp³-hybridized carbons (Fsp3) is 0.636. The molecule has 3 N–H and O–H groups in total. The largest absolute Gasteiger partial charge is 0.382 e. The Hall–Kier alpha value is -1.07. The van der Waals surface area contributed by atoms with E-state index in [0.717, 1.165) is 12.8 Å². The van der Waals surface area contributed by atoms with Crippen LogP contribution < -0.4 is 11.1 Å². The first-order valence-corrected chi connectivity index (χ1v) is 6.03. The summed E-state index contributed by atoms with van der Waals surface area (Å²) < 4.78 is 5.86. The molecule has 0 spiro atoms. The van der Waals surface area contributed by atoms with Crippen molar-refractivity contribution in [2.75, 3.05) is 17.6 Å². The number of hydrogen-bond donors (Lipinski definition) is 2. The van der Waals surface area contributed by atoms with Gasteiger partial charge in [0.1, 0.15) is 17.2 Å². The predicted molar refractivity (Wildman–Crippen MR) is 68.1 cm³/mol. The number of ether oxygens (including phenoxy) is 1. The maximum atomic E-state index is 5.98. The molecule has 1 aromatic heterocycles. The van der Waals surface area contributed by atoms with E-state index >= 15 is 0 Å². The van der Waals surface area contributed by atoms with Crippen LogP contribution in [-0.4, -0.2) is 28.2 Å². The van der Waals surface area contributed by atoms with Gasteiger partial charge in [0.2, 0.25) is 0 Å². The lowest BCUT2D eigenvalue weighted by Gasteiger charge is -2.19. The Morgan fingerprint density at radius 1 is 1.59 bits per heavy atom. The van der Waals surface area contributed by atoms with Crippen molar-refractivity contribution >= 4 is 23.2 Å². The fourth-order valence-electron chi connectivity index (χ4n) is 1.94. The van der Waals surface area contributed by atoms with E-state index < -0.39 is 0 Å². The molecule has 0 radical (unpaired) electrons. The minimum atomic E-state index is -0.0269. The van der Waals surface area contributed by atoms with Crippen LogP contribution in [0.1, 0.15) is 26.7 Å². The zero-order chi connectivity index (χ0) is 12.5. The molecule has 6 heteroatoms. The van der Waals surface area contributed by atoms with Gasteiger partial charge in [0.25, 0.3) is 0 Å². The van der Waals surface area contributed by atoms with Crippen molar-refractivity contribution in [3.8, 4) is 0 Å². The van der Waals surface area contributed by atoms with Crippen LogP contribution in [0.2, 0.25) is 5.02 Å². The second-order valence-corrected chi connectivity index (χ2v) is 5.22. The molecule has 0 aliphatic carbocycles. The topological polar surface area (TPSA) is 73.1 Å². The quantitative estimate of drug-likeness (QED) is 0.866. The highest BCUT2D eigenvalue weighted by atomic mass is 35.5. The standard InChI is InChI=1S/C11H17ClN4O/c1-11(2)4-3-7(17-11)5-14-10-8(12)9(13)15-6-16-10/h6-7H,3-5H2,1-2H3,(H3,13,14,15,16). The summed E-state index contributed by atoms with van der Waals surface area (Å²) in [6, 6.07) is 0. The van der Waals surface area contributed by atoms with Crippen LogP contribution in [-0.2, 0) is 4.74 Å². The summed E-state index contributed by atoms with van der Waals surface area (Å²) in [7, 11) is 0. The zero-order valence-electron chi connectivity index (χ0n) is 10.0. The van der Waals surface area contributed by atoms with E-state index in [0.29, 0.717) is 17.4 Å². The van der Waals surface area contributed by atoms with E-state index in [1.807, 2.05) is 0 Å². The summed E-state index contributed by atoms with van der Waals surface area (Å²) in [6.45, 7) is 4.88. The Bertz CT molecular complexity index is 410. The van der Waals surface area contributed by atoms with Gasteiger partial charge in [0, 0.05) is 6.54 Å². The molecule has 1 saturated heterocycles. The zero-order valence-corrected chi connectivity index (χ0v) is 10.8. The number of anilines is 2. The van der Waals surface area contributed by atoms with E-state index in [1.165, 1.54) is 6.33 Å². The Morgan fingerprint density at radius 3 is 3.00 bits per heavy atom. The first-order valence-electron chi connectivity index (χ1n) is 5.65. The van der Waals surface area contributed by atoms with Gasteiger partial charge in [-0.1, -0.05) is 11.6 Å². The third-order valence-electron chi connectivity index (χ3n) is 2.87. The highest BCUT2D eigenvalue weighted by Crippen LogP contribution is 2.30. The maximum absolute atomic E-state index is 5.98. The van der Waals surface area contributed by atoms with E-state index in [-0.39, 0.29) is 17.5 Å². The molecule has 1 fully saturated rings. The van der Waals surface area contributed by atoms with Gasteiger partial charge in [0.15, 0.2) is 5.82 Å². The third kappa shape index (κ3) is 2.98.